The fourth-order valence-corrected chi connectivity index (χ4v) is 2.29. The molecule has 0 bridgehead atoms. The zero-order valence-corrected chi connectivity index (χ0v) is 10.9. The van der Waals surface area contributed by atoms with Crippen LogP contribution in [0.2, 0.25) is 0 Å². The lowest BCUT2D eigenvalue weighted by molar-refractivity contribution is 0.0812. The fraction of sp³-hybridized carbons (Fsp3) is 0.600. The third kappa shape index (κ3) is 4.67. The number of hydrogen-bond donors (Lipinski definition) is 1. The van der Waals surface area contributed by atoms with Crippen LogP contribution in [-0.4, -0.2) is 42.4 Å². The lowest BCUT2D eigenvalue weighted by Gasteiger charge is -2.29. The molecule has 0 amide bonds. The number of aliphatic hydroxyl groups excluding tert-OH is 1. The van der Waals surface area contributed by atoms with E-state index >= 15 is 0 Å². The maximum atomic E-state index is 9.42. The van der Waals surface area contributed by atoms with Gasteiger partial charge in [-0.25, -0.2) is 0 Å². The summed E-state index contributed by atoms with van der Waals surface area (Å²) in [6.45, 7) is 4.01. The van der Waals surface area contributed by atoms with Gasteiger partial charge in [-0.15, -0.1) is 0 Å². The molecule has 0 spiro atoms. The lowest BCUT2D eigenvalue weighted by Crippen LogP contribution is -2.36. The second-order valence-corrected chi connectivity index (χ2v) is 4.94. The number of likely N-dealkylation sites (tertiary alicyclic amines) is 1. The van der Waals surface area contributed by atoms with E-state index in [0.717, 1.165) is 51.3 Å². The summed E-state index contributed by atoms with van der Waals surface area (Å²) in [5.74, 6) is 0.957. The molecule has 0 saturated carbocycles. The van der Waals surface area contributed by atoms with Crippen molar-refractivity contribution in [3.8, 4) is 5.75 Å². The summed E-state index contributed by atoms with van der Waals surface area (Å²) in [7, 11) is 0. The molecule has 1 aromatic carbocycles. The van der Waals surface area contributed by atoms with Gasteiger partial charge in [0.2, 0.25) is 0 Å². The maximum absolute atomic E-state index is 9.42. The van der Waals surface area contributed by atoms with Crippen molar-refractivity contribution in [1.82, 2.24) is 4.90 Å². The van der Waals surface area contributed by atoms with Gasteiger partial charge in [0.05, 0.1) is 12.7 Å². The highest BCUT2D eigenvalue weighted by Crippen LogP contribution is 2.11. The Balaban J connectivity index is 1.51. The number of piperidine rings is 1. The highest BCUT2D eigenvalue weighted by Gasteiger charge is 2.15. The smallest absolute Gasteiger partial charge is 0.119 e. The van der Waals surface area contributed by atoms with Gasteiger partial charge >= 0.3 is 0 Å². The molecule has 18 heavy (non-hydrogen) atoms. The highest BCUT2D eigenvalue weighted by molar-refractivity contribution is 5.20. The van der Waals surface area contributed by atoms with Crippen LogP contribution in [0.25, 0.3) is 0 Å². The van der Waals surface area contributed by atoms with Crippen molar-refractivity contribution in [2.24, 2.45) is 0 Å². The Kier molecular flexibility index (Phi) is 5.49. The van der Waals surface area contributed by atoms with Gasteiger partial charge in [-0.2, -0.15) is 0 Å². The Bertz CT molecular complexity index is 321. The summed E-state index contributed by atoms with van der Waals surface area (Å²) < 4.78 is 5.65. The van der Waals surface area contributed by atoms with E-state index in [-0.39, 0.29) is 6.10 Å². The number of nitrogens with zero attached hydrogens (tertiary/aromatic N) is 1. The SMILES string of the molecule is OC1CCN(CCCCOc2ccccc2)CC1. The summed E-state index contributed by atoms with van der Waals surface area (Å²) in [6.07, 6.45) is 4.06. The maximum Gasteiger partial charge on any atom is 0.119 e. The van der Waals surface area contributed by atoms with Gasteiger partial charge in [-0.05, 0) is 44.4 Å². The molecule has 3 nitrogen and oxygen atoms in total. The predicted molar refractivity (Wildman–Crippen MR) is 72.9 cm³/mol. The van der Waals surface area contributed by atoms with Gasteiger partial charge in [0.15, 0.2) is 0 Å². The molecule has 0 atom stereocenters. The first-order chi connectivity index (χ1) is 8.84. The second-order valence-electron chi connectivity index (χ2n) is 4.94. The largest absolute Gasteiger partial charge is 0.494 e. The molecule has 1 aliphatic heterocycles. The van der Waals surface area contributed by atoms with E-state index < -0.39 is 0 Å². The van der Waals surface area contributed by atoms with E-state index in [9.17, 15) is 5.11 Å². The molecule has 1 N–H and O–H groups in total. The van der Waals surface area contributed by atoms with Crippen LogP contribution in [-0.2, 0) is 0 Å². The molecule has 1 saturated heterocycles. The topological polar surface area (TPSA) is 32.7 Å². The van der Waals surface area contributed by atoms with Crippen LogP contribution < -0.4 is 4.74 Å². The Morgan fingerprint density at radius 1 is 1.11 bits per heavy atom. The van der Waals surface area contributed by atoms with Crippen molar-refractivity contribution in [3.63, 3.8) is 0 Å². The number of aliphatic hydroxyl groups is 1. The van der Waals surface area contributed by atoms with Crippen LogP contribution in [0.15, 0.2) is 30.3 Å². The summed E-state index contributed by atoms with van der Waals surface area (Å²) in [6, 6.07) is 9.97. The minimum atomic E-state index is -0.0670. The Labute approximate surface area is 109 Å². The number of rotatable bonds is 6. The van der Waals surface area contributed by atoms with Gasteiger partial charge < -0.3 is 14.7 Å². The van der Waals surface area contributed by atoms with Crippen molar-refractivity contribution in [2.75, 3.05) is 26.2 Å². The Morgan fingerprint density at radius 3 is 2.56 bits per heavy atom. The molecule has 0 aliphatic carbocycles. The molecule has 0 radical (unpaired) electrons. The minimum absolute atomic E-state index is 0.0670. The van der Waals surface area contributed by atoms with Crippen molar-refractivity contribution >= 4 is 0 Å². The van der Waals surface area contributed by atoms with Crippen LogP contribution >= 0.6 is 0 Å². The quantitative estimate of drug-likeness (QED) is 0.785. The molecule has 0 unspecified atom stereocenters. The first-order valence-electron chi connectivity index (χ1n) is 6.93. The third-order valence-corrected chi connectivity index (χ3v) is 3.44. The molecule has 3 heteroatoms. The molecule has 0 aromatic heterocycles. The summed E-state index contributed by atoms with van der Waals surface area (Å²) in [5, 5.41) is 9.42. The fourth-order valence-electron chi connectivity index (χ4n) is 2.29. The molecular weight excluding hydrogens is 226 g/mol. The van der Waals surface area contributed by atoms with Gasteiger partial charge in [-0.3, -0.25) is 0 Å². The average molecular weight is 249 g/mol. The van der Waals surface area contributed by atoms with E-state index in [2.05, 4.69) is 4.90 Å². The molecular formula is C15H23NO2. The molecule has 2 rings (SSSR count). The van der Waals surface area contributed by atoms with Crippen molar-refractivity contribution in [2.45, 2.75) is 31.8 Å². The van der Waals surface area contributed by atoms with Crippen molar-refractivity contribution in [1.29, 1.82) is 0 Å². The first-order valence-corrected chi connectivity index (χ1v) is 6.93. The van der Waals surface area contributed by atoms with Gasteiger partial charge in [0, 0.05) is 13.1 Å². The monoisotopic (exact) mass is 249 g/mol. The minimum Gasteiger partial charge on any atom is -0.494 e. The zero-order chi connectivity index (χ0) is 12.6. The average Bonchev–Trinajstić information content (AvgIpc) is 2.42. The van der Waals surface area contributed by atoms with Crippen LogP contribution in [0.4, 0.5) is 0 Å². The number of unbranched alkanes of at least 4 members (excludes halogenated alkanes) is 1. The number of benzene rings is 1. The van der Waals surface area contributed by atoms with E-state index in [1.807, 2.05) is 30.3 Å². The molecule has 1 heterocycles. The van der Waals surface area contributed by atoms with Crippen LogP contribution in [0.5, 0.6) is 5.75 Å². The summed E-state index contributed by atoms with van der Waals surface area (Å²) >= 11 is 0. The van der Waals surface area contributed by atoms with E-state index in [1.165, 1.54) is 6.42 Å². The third-order valence-electron chi connectivity index (χ3n) is 3.44. The Morgan fingerprint density at radius 2 is 1.83 bits per heavy atom. The number of ether oxygens (including phenoxy) is 1. The van der Waals surface area contributed by atoms with Gasteiger partial charge in [0.1, 0.15) is 5.75 Å². The van der Waals surface area contributed by atoms with Crippen molar-refractivity contribution in [3.05, 3.63) is 30.3 Å². The molecule has 1 fully saturated rings. The molecule has 1 aliphatic rings. The van der Waals surface area contributed by atoms with E-state index in [1.54, 1.807) is 0 Å². The normalized spacial score (nSPS) is 17.8. The van der Waals surface area contributed by atoms with Crippen LogP contribution in [0, 0.1) is 0 Å². The summed E-state index contributed by atoms with van der Waals surface area (Å²) in [5.41, 5.74) is 0. The predicted octanol–water partition coefficient (Wildman–Crippen LogP) is 2.30. The highest BCUT2D eigenvalue weighted by atomic mass is 16.5. The molecule has 1 aromatic rings. The van der Waals surface area contributed by atoms with Gasteiger partial charge in [0.25, 0.3) is 0 Å². The van der Waals surface area contributed by atoms with Crippen LogP contribution in [0.1, 0.15) is 25.7 Å². The number of para-hydroxylation sites is 1. The Hall–Kier alpha value is -1.06. The summed E-state index contributed by atoms with van der Waals surface area (Å²) in [4.78, 5) is 2.44. The van der Waals surface area contributed by atoms with E-state index in [4.69, 9.17) is 4.74 Å². The second kappa shape index (κ2) is 7.39. The molecule has 100 valence electrons. The number of hydrogen-bond acceptors (Lipinski definition) is 3. The van der Waals surface area contributed by atoms with Gasteiger partial charge in [-0.1, -0.05) is 18.2 Å². The van der Waals surface area contributed by atoms with E-state index in [0.29, 0.717) is 0 Å². The zero-order valence-electron chi connectivity index (χ0n) is 10.9. The van der Waals surface area contributed by atoms with Crippen LogP contribution in [0.3, 0.4) is 0 Å². The van der Waals surface area contributed by atoms with Crippen molar-refractivity contribution < 1.29 is 9.84 Å². The first kappa shape index (κ1) is 13.4. The standard InChI is InChI=1S/C15H23NO2/c17-14-8-11-16(12-9-14)10-4-5-13-18-15-6-2-1-3-7-15/h1-3,6-7,14,17H,4-5,8-13H2. The lowest BCUT2D eigenvalue weighted by atomic mass is 10.1.